The molecule has 0 spiro atoms. The lowest BCUT2D eigenvalue weighted by molar-refractivity contribution is 0.570. The van der Waals surface area contributed by atoms with Gasteiger partial charge in [0.2, 0.25) is 0 Å². The Kier molecular flexibility index (Phi) is 5.01. The summed E-state index contributed by atoms with van der Waals surface area (Å²) in [5.74, 6) is -0.260. The van der Waals surface area contributed by atoms with Crippen LogP contribution in [0.3, 0.4) is 0 Å². The summed E-state index contributed by atoms with van der Waals surface area (Å²) in [5, 5.41) is 3.77. The zero-order valence-electron chi connectivity index (χ0n) is 10.1. The van der Waals surface area contributed by atoms with Crippen LogP contribution in [-0.2, 0) is 0 Å². The summed E-state index contributed by atoms with van der Waals surface area (Å²) in [4.78, 5) is 0. The van der Waals surface area contributed by atoms with Crippen LogP contribution in [-0.4, -0.2) is 7.05 Å². The van der Waals surface area contributed by atoms with Crippen molar-refractivity contribution in [1.82, 2.24) is 5.32 Å². The third-order valence-corrected chi connectivity index (χ3v) is 4.39. The van der Waals surface area contributed by atoms with Crippen molar-refractivity contribution in [2.45, 2.75) is 6.04 Å². The van der Waals surface area contributed by atoms with Crippen LogP contribution in [0, 0.1) is 5.82 Å². The molecule has 2 aromatic carbocycles. The highest BCUT2D eigenvalue weighted by Crippen LogP contribution is 2.33. The molecule has 100 valence electrons. The van der Waals surface area contributed by atoms with E-state index in [0.29, 0.717) is 15.1 Å². The van der Waals surface area contributed by atoms with E-state index in [4.69, 9.17) is 11.6 Å². The Hall–Kier alpha value is -0.420. The van der Waals surface area contributed by atoms with Crippen LogP contribution in [0.1, 0.15) is 17.2 Å². The Morgan fingerprint density at radius 3 is 2.47 bits per heavy atom. The molecule has 0 bridgehead atoms. The van der Waals surface area contributed by atoms with Gasteiger partial charge < -0.3 is 5.32 Å². The molecule has 0 heterocycles. The fourth-order valence-corrected chi connectivity index (χ4v) is 3.25. The van der Waals surface area contributed by atoms with Crippen molar-refractivity contribution in [2.24, 2.45) is 0 Å². The molecule has 1 unspecified atom stereocenters. The number of hydrogen-bond acceptors (Lipinski definition) is 1. The summed E-state index contributed by atoms with van der Waals surface area (Å²) < 4.78 is 15.5. The van der Waals surface area contributed by atoms with Crippen LogP contribution < -0.4 is 5.32 Å². The van der Waals surface area contributed by atoms with Gasteiger partial charge in [0.25, 0.3) is 0 Å². The van der Waals surface area contributed by atoms with Crippen molar-refractivity contribution in [3.8, 4) is 0 Å². The largest absolute Gasteiger partial charge is 0.309 e. The van der Waals surface area contributed by atoms with E-state index in [1.807, 2.05) is 12.1 Å². The molecule has 5 heteroatoms. The minimum Gasteiger partial charge on any atom is -0.309 e. The molecule has 1 nitrogen and oxygen atoms in total. The summed E-state index contributed by atoms with van der Waals surface area (Å²) >= 11 is 12.6. The predicted molar refractivity (Wildman–Crippen MR) is 84.2 cm³/mol. The zero-order chi connectivity index (χ0) is 14.0. The van der Waals surface area contributed by atoms with Crippen LogP contribution in [0.5, 0.6) is 0 Å². The van der Waals surface area contributed by atoms with Crippen molar-refractivity contribution >= 4 is 43.5 Å². The second-order valence-corrected chi connectivity index (χ2v) is 6.18. The lowest BCUT2D eigenvalue weighted by atomic mass is 9.98. The molecular formula is C14H11Br2ClFN. The Morgan fingerprint density at radius 1 is 1.11 bits per heavy atom. The number of hydrogen-bond donors (Lipinski definition) is 1. The lowest BCUT2D eigenvalue weighted by Gasteiger charge is -2.20. The molecule has 0 saturated carbocycles. The van der Waals surface area contributed by atoms with E-state index in [0.717, 1.165) is 10.0 Å². The smallest absolute Gasteiger partial charge is 0.142 e. The molecule has 19 heavy (non-hydrogen) atoms. The summed E-state index contributed by atoms with van der Waals surface area (Å²) in [5.41, 5.74) is 1.52. The van der Waals surface area contributed by atoms with Crippen molar-refractivity contribution in [2.75, 3.05) is 7.05 Å². The first-order chi connectivity index (χ1) is 9.04. The van der Waals surface area contributed by atoms with Crippen LogP contribution in [0.25, 0.3) is 0 Å². The van der Waals surface area contributed by atoms with Gasteiger partial charge in [0.1, 0.15) is 5.82 Å². The minimum atomic E-state index is -0.260. The maximum absolute atomic E-state index is 14.2. The van der Waals surface area contributed by atoms with Gasteiger partial charge in [-0.15, -0.1) is 0 Å². The number of nitrogens with one attached hydrogen (secondary N) is 1. The zero-order valence-corrected chi connectivity index (χ0v) is 14.0. The number of rotatable bonds is 3. The SMILES string of the molecule is CNC(c1ccc(Cl)cc1Br)c1cccc(Br)c1F. The van der Waals surface area contributed by atoms with E-state index in [1.54, 1.807) is 31.3 Å². The van der Waals surface area contributed by atoms with Crippen LogP contribution in [0.2, 0.25) is 5.02 Å². The molecule has 0 aliphatic heterocycles. The van der Waals surface area contributed by atoms with Crippen molar-refractivity contribution in [3.05, 3.63) is 67.3 Å². The minimum absolute atomic E-state index is 0.246. The monoisotopic (exact) mass is 405 g/mol. The van der Waals surface area contributed by atoms with Gasteiger partial charge in [-0.05, 0) is 46.7 Å². The highest BCUT2D eigenvalue weighted by Gasteiger charge is 2.19. The van der Waals surface area contributed by atoms with Crippen LogP contribution >= 0.6 is 43.5 Å². The van der Waals surface area contributed by atoms with Gasteiger partial charge in [-0.25, -0.2) is 4.39 Å². The van der Waals surface area contributed by atoms with Gasteiger partial charge in [0.05, 0.1) is 10.5 Å². The van der Waals surface area contributed by atoms with Crippen molar-refractivity contribution < 1.29 is 4.39 Å². The van der Waals surface area contributed by atoms with Gasteiger partial charge in [-0.3, -0.25) is 0 Å². The van der Waals surface area contributed by atoms with E-state index in [2.05, 4.69) is 37.2 Å². The van der Waals surface area contributed by atoms with E-state index >= 15 is 0 Å². The van der Waals surface area contributed by atoms with E-state index < -0.39 is 0 Å². The molecule has 1 atom stereocenters. The molecule has 2 rings (SSSR count). The Morgan fingerprint density at radius 2 is 1.84 bits per heavy atom. The summed E-state index contributed by atoms with van der Waals surface area (Å²) in [7, 11) is 1.80. The molecular weight excluding hydrogens is 396 g/mol. The first kappa shape index (κ1) is 15.0. The predicted octanol–water partition coefficient (Wildman–Crippen LogP) is 5.31. The number of benzene rings is 2. The standard InChI is InChI=1S/C14H11Br2ClFN/c1-19-14(9-6-5-8(17)7-12(9)16)10-3-2-4-11(15)13(10)18/h2-7,14,19H,1H3. The molecule has 0 saturated heterocycles. The van der Waals surface area contributed by atoms with Gasteiger partial charge >= 0.3 is 0 Å². The van der Waals surface area contributed by atoms with E-state index in [1.165, 1.54) is 0 Å². The maximum atomic E-state index is 14.2. The summed E-state index contributed by atoms with van der Waals surface area (Å²) in [6, 6.07) is 10.5. The van der Waals surface area contributed by atoms with Gasteiger partial charge in [-0.2, -0.15) is 0 Å². The quantitative estimate of drug-likeness (QED) is 0.727. The molecule has 0 aliphatic carbocycles. The van der Waals surface area contributed by atoms with E-state index in [9.17, 15) is 4.39 Å². The lowest BCUT2D eigenvalue weighted by Crippen LogP contribution is -2.19. The molecule has 0 amide bonds. The fourth-order valence-electron chi connectivity index (χ4n) is 1.96. The van der Waals surface area contributed by atoms with Crippen molar-refractivity contribution in [1.29, 1.82) is 0 Å². The Bertz CT molecular complexity index is 604. The van der Waals surface area contributed by atoms with Crippen LogP contribution in [0.4, 0.5) is 4.39 Å². The van der Waals surface area contributed by atoms with Gasteiger partial charge in [0.15, 0.2) is 0 Å². The number of halogens is 4. The molecule has 0 aliphatic rings. The molecule has 0 radical (unpaired) electrons. The molecule has 2 aromatic rings. The average molecular weight is 408 g/mol. The van der Waals surface area contributed by atoms with Crippen molar-refractivity contribution in [3.63, 3.8) is 0 Å². The molecule has 0 aromatic heterocycles. The highest BCUT2D eigenvalue weighted by atomic mass is 79.9. The Labute approximate surface area is 133 Å². The summed E-state index contributed by atoms with van der Waals surface area (Å²) in [6.07, 6.45) is 0. The fraction of sp³-hybridized carbons (Fsp3) is 0.143. The maximum Gasteiger partial charge on any atom is 0.142 e. The normalized spacial score (nSPS) is 12.5. The first-order valence-electron chi connectivity index (χ1n) is 5.60. The van der Waals surface area contributed by atoms with E-state index in [-0.39, 0.29) is 11.9 Å². The second kappa shape index (κ2) is 6.35. The molecule has 0 fully saturated rings. The molecule has 1 N–H and O–H groups in total. The summed E-state index contributed by atoms with van der Waals surface area (Å²) in [6.45, 7) is 0. The highest BCUT2D eigenvalue weighted by molar-refractivity contribution is 9.10. The first-order valence-corrected chi connectivity index (χ1v) is 7.57. The average Bonchev–Trinajstić information content (AvgIpc) is 2.37. The topological polar surface area (TPSA) is 12.0 Å². The third kappa shape index (κ3) is 3.19. The Balaban J connectivity index is 2.53. The van der Waals surface area contributed by atoms with Crippen LogP contribution in [0.15, 0.2) is 45.3 Å². The third-order valence-electron chi connectivity index (χ3n) is 2.85. The second-order valence-electron chi connectivity index (χ2n) is 4.03. The van der Waals surface area contributed by atoms with Gasteiger partial charge in [0, 0.05) is 15.1 Å². The van der Waals surface area contributed by atoms with Gasteiger partial charge in [-0.1, -0.05) is 45.7 Å².